The number of nitrogen functional groups attached to an aromatic ring is 1. The second kappa shape index (κ2) is 4.76. The Morgan fingerprint density at radius 2 is 2.07 bits per heavy atom. The number of anilines is 1. The van der Waals surface area contributed by atoms with E-state index in [1.54, 1.807) is 6.92 Å². The highest BCUT2D eigenvalue weighted by Crippen LogP contribution is 2.20. The van der Waals surface area contributed by atoms with Crippen LogP contribution in [0.4, 0.5) is 5.82 Å². The van der Waals surface area contributed by atoms with Crippen LogP contribution in [-0.4, -0.2) is 16.6 Å². The first-order valence-corrected chi connectivity index (χ1v) is 4.63. The summed E-state index contributed by atoms with van der Waals surface area (Å²) < 4.78 is 5.46. The third-order valence-corrected chi connectivity index (χ3v) is 1.79. The van der Waals surface area contributed by atoms with E-state index in [9.17, 15) is 0 Å². The summed E-state index contributed by atoms with van der Waals surface area (Å²) in [6.07, 6.45) is 0.952. The Morgan fingerprint density at radius 1 is 1.36 bits per heavy atom. The first-order chi connectivity index (χ1) is 6.69. The smallest absolute Gasteiger partial charge is 0.221 e. The van der Waals surface area contributed by atoms with Crippen molar-refractivity contribution in [2.45, 2.75) is 27.2 Å². The van der Waals surface area contributed by atoms with Gasteiger partial charge in [0.2, 0.25) is 5.88 Å². The molecule has 0 aromatic carbocycles. The number of aryl methyl sites for hydroxylation is 1. The Kier molecular flexibility index (Phi) is 3.64. The number of nitrogens with two attached hydrogens (primary N) is 1. The molecule has 78 valence electrons. The van der Waals surface area contributed by atoms with Crippen LogP contribution in [0.25, 0.3) is 0 Å². The number of rotatable bonds is 4. The van der Waals surface area contributed by atoms with E-state index in [2.05, 4.69) is 15.4 Å². The van der Waals surface area contributed by atoms with Crippen molar-refractivity contribution in [2.24, 2.45) is 5.84 Å². The van der Waals surface area contributed by atoms with Crippen LogP contribution < -0.4 is 16.0 Å². The van der Waals surface area contributed by atoms with Crippen LogP contribution in [0.2, 0.25) is 0 Å². The average molecular weight is 196 g/mol. The Labute approximate surface area is 83.7 Å². The lowest BCUT2D eigenvalue weighted by molar-refractivity contribution is 0.302. The minimum atomic E-state index is 0.604. The third-order valence-electron chi connectivity index (χ3n) is 1.79. The van der Waals surface area contributed by atoms with E-state index in [-0.39, 0.29) is 0 Å². The lowest BCUT2D eigenvalue weighted by atomic mass is 10.3. The normalized spacial score (nSPS) is 10.0. The Bertz CT molecular complexity index is 314. The van der Waals surface area contributed by atoms with E-state index in [4.69, 9.17) is 10.6 Å². The van der Waals surface area contributed by atoms with E-state index in [1.807, 2.05) is 13.8 Å². The fraction of sp³-hybridized carbons (Fsp3) is 0.556. The third kappa shape index (κ3) is 2.32. The molecule has 0 bridgehead atoms. The van der Waals surface area contributed by atoms with Crippen LogP contribution in [0.1, 0.15) is 24.7 Å². The molecule has 1 heterocycles. The molecule has 0 aliphatic rings. The molecule has 0 spiro atoms. The summed E-state index contributed by atoms with van der Waals surface area (Å²) in [5.74, 6) is 7.19. The van der Waals surface area contributed by atoms with Gasteiger partial charge in [-0.2, -0.15) is 4.98 Å². The summed E-state index contributed by atoms with van der Waals surface area (Å²) in [4.78, 5) is 8.32. The SMILES string of the molecule is CCCOc1nc(C)nc(NN)c1C. The fourth-order valence-electron chi connectivity index (χ4n) is 1.08. The molecule has 0 atom stereocenters. The van der Waals surface area contributed by atoms with Gasteiger partial charge < -0.3 is 10.2 Å². The summed E-state index contributed by atoms with van der Waals surface area (Å²) in [5, 5.41) is 0. The Morgan fingerprint density at radius 3 is 2.64 bits per heavy atom. The first-order valence-electron chi connectivity index (χ1n) is 4.63. The van der Waals surface area contributed by atoms with Gasteiger partial charge in [-0.05, 0) is 20.3 Å². The molecule has 1 rings (SSSR count). The van der Waals surface area contributed by atoms with Crippen LogP contribution >= 0.6 is 0 Å². The van der Waals surface area contributed by atoms with Gasteiger partial charge in [-0.15, -0.1) is 0 Å². The van der Waals surface area contributed by atoms with Gasteiger partial charge in [0.15, 0.2) is 0 Å². The number of hydrazine groups is 1. The Hall–Kier alpha value is -1.36. The van der Waals surface area contributed by atoms with Crippen molar-refractivity contribution in [3.8, 4) is 5.88 Å². The predicted octanol–water partition coefficient (Wildman–Crippen LogP) is 1.17. The van der Waals surface area contributed by atoms with Gasteiger partial charge in [-0.25, -0.2) is 10.8 Å². The lowest BCUT2D eigenvalue weighted by Gasteiger charge is -2.10. The van der Waals surface area contributed by atoms with E-state index >= 15 is 0 Å². The van der Waals surface area contributed by atoms with Gasteiger partial charge in [-0.1, -0.05) is 6.92 Å². The maximum Gasteiger partial charge on any atom is 0.221 e. The van der Waals surface area contributed by atoms with Crippen LogP contribution in [0, 0.1) is 13.8 Å². The molecule has 5 heteroatoms. The topological polar surface area (TPSA) is 73.1 Å². The molecule has 5 nitrogen and oxygen atoms in total. The molecular weight excluding hydrogens is 180 g/mol. The molecule has 0 unspecified atom stereocenters. The molecule has 3 N–H and O–H groups in total. The molecule has 14 heavy (non-hydrogen) atoms. The zero-order valence-electron chi connectivity index (χ0n) is 8.79. The second-order valence-electron chi connectivity index (χ2n) is 3.04. The summed E-state index contributed by atoms with van der Waals surface area (Å²) in [7, 11) is 0. The van der Waals surface area contributed by atoms with Gasteiger partial charge in [0, 0.05) is 0 Å². The van der Waals surface area contributed by atoms with Gasteiger partial charge in [0.05, 0.1) is 12.2 Å². The minimum absolute atomic E-state index is 0.604. The van der Waals surface area contributed by atoms with Gasteiger partial charge >= 0.3 is 0 Å². The van der Waals surface area contributed by atoms with Crippen molar-refractivity contribution in [3.63, 3.8) is 0 Å². The fourth-order valence-corrected chi connectivity index (χ4v) is 1.08. The van der Waals surface area contributed by atoms with Crippen molar-refractivity contribution < 1.29 is 4.74 Å². The Balaban J connectivity index is 2.96. The maximum atomic E-state index is 5.46. The van der Waals surface area contributed by atoms with E-state index in [1.165, 1.54) is 0 Å². The van der Waals surface area contributed by atoms with E-state index in [0.717, 1.165) is 12.0 Å². The molecule has 0 fully saturated rings. The van der Waals surface area contributed by atoms with E-state index in [0.29, 0.717) is 24.1 Å². The van der Waals surface area contributed by atoms with Gasteiger partial charge in [-0.3, -0.25) is 0 Å². The molecule has 1 aromatic heterocycles. The number of ether oxygens (including phenoxy) is 1. The van der Waals surface area contributed by atoms with Crippen LogP contribution in [0.3, 0.4) is 0 Å². The highest BCUT2D eigenvalue weighted by Gasteiger charge is 2.08. The number of hydrogen-bond acceptors (Lipinski definition) is 5. The standard InChI is InChI=1S/C9H16N4O/c1-4-5-14-9-6(2)8(13-10)11-7(3)12-9/h4-5,10H2,1-3H3,(H,11,12,13). The summed E-state index contributed by atoms with van der Waals surface area (Å²) in [6.45, 7) is 6.38. The van der Waals surface area contributed by atoms with Crippen molar-refractivity contribution in [3.05, 3.63) is 11.4 Å². The van der Waals surface area contributed by atoms with Gasteiger partial charge in [0.25, 0.3) is 0 Å². The number of nitrogens with zero attached hydrogens (tertiary/aromatic N) is 2. The summed E-state index contributed by atoms with van der Waals surface area (Å²) >= 11 is 0. The number of nitrogens with one attached hydrogen (secondary N) is 1. The van der Waals surface area contributed by atoms with Crippen molar-refractivity contribution in [1.82, 2.24) is 9.97 Å². The average Bonchev–Trinajstić information content (AvgIpc) is 2.18. The van der Waals surface area contributed by atoms with Crippen molar-refractivity contribution >= 4 is 5.82 Å². The van der Waals surface area contributed by atoms with Crippen LogP contribution in [-0.2, 0) is 0 Å². The molecule has 0 aliphatic heterocycles. The van der Waals surface area contributed by atoms with Crippen molar-refractivity contribution in [1.29, 1.82) is 0 Å². The van der Waals surface area contributed by atoms with Crippen LogP contribution in [0.15, 0.2) is 0 Å². The lowest BCUT2D eigenvalue weighted by Crippen LogP contribution is -2.13. The van der Waals surface area contributed by atoms with Crippen LogP contribution in [0.5, 0.6) is 5.88 Å². The molecule has 0 saturated carbocycles. The largest absolute Gasteiger partial charge is 0.477 e. The predicted molar refractivity (Wildman–Crippen MR) is 55.1 cm³/mol. The number of hydrogen-bond donors (Lipinski definition) is 2. The quantitative estimate of drug-likeness (QED) is 0.558. The minimum Gasteiger partial charge on any atom is -0.477 e. The van der Waals surface area contributed by atoms with Gasteiger partial charge in [0.1, 0.15) is 11.6 Å². The maximum absolute atomic E-state index is 5.46. The molecule has 0 saturated heterocycles. The molecular formula is C9H16N4O. The second-order valence-corrected chi connectivity index (χ2v) is 3.04. The zero-order valence-corrected chi connectivity index (χ0v) is 8.79. The molecule has 0 radical (unpaired) electrons. The van der Waals surface area contributed by atoms with E-state index < -0.39 is 0 Å². The van der Waals surface area contributed by atoms with Crippen molar-refractivity contribution in [2.75, 3.05) is 12.0 Å². The zero-order chi connectivity index (χ0) is 10.6. The molecule has 1 aromatic rings. The molecule has 0 amide bonds. The number of aromatic nitrogens is 2. The highest BCUT2D eigenvalue weighted by atomic mass is 16.5. The summed E-state index contributed by atoms with van der Waals surface area (Å²) in [5.41, 5.74) is 3.36. The molecule has 0 aliphatic carbocycles. The summed E-state index contributed by atoms with van der Waals surface area (Å²) in [6, 6.07) is 0. The highest BCUT2D eigenvalue weighted by molar-refractivity contribution is 5.47. The first kappa shape index (κ1) is 10.7. The monoisotopic (exact) mass is 196 g/mol.